The second-order valence-electron chi connectivity index (χ2n) is 4.62. The fraction of sp³-hybridized carbons (Fsp3) is 0.500. The van der Waals surface area contributed by atoms with E-state index >= 15 is 0 Å². The molecule has 2 rings (SSSR count). The lowest BCUT2D eigenvalue weighted by Crippen LogP contribution is -2.30. The summed E-state index contributed by atoms with van der Waals surface area (Å²) in [4.78, 5) is 29.6. The lowest BCUT2D eigenvalue weighted by molar-refractivity contribution is -0.131. The molecule has 1 saturated heterocycles. The molecule has 1 aromatic rings. The van der Waals surface area contributed by atoms with Crippen LogP contribution in [-0.4, -0.2) is 35.4 Å². The zero-order chi connectivity index (χ0) is 13.7. The van der Waals surface area contributed by atoms with E-state index in [1.54, 1.807) is 23.2 Å². The zero-order valence-corrected chi connectivity index (χ0v) is 11.1. The summed E-state index contributed by atoms with van der Waals surface area (Å²) in [5.74, 6) is -0.274. The van der Waals surface area contributed by atoms with Gasteiger partial charge < -0.3 is 9.64 Å². The molecule has 0 N–H and O–H groups in total. The first-order chi connectivity index (χ1) is 9.22. The standard InChI is InChI=1S/C14H18N2O3/c1-19-14(18)11-6-5-8-15-12(11)10-16-9-4-2-3-7-13(16)17/h5-6,8H,2-4,7,9-10H2,1H3. The molecule has 1 fully saturated rings. The molecule has 0 aliphatic carbocycles. The predicted octanol–water partition coefficient (Wildman–Crippen LogP) is 1.77. The molecule has 0 spiro atoms. The quantitative estimate of drug-likeness (QED) is 0.779. The van der Waals surface area contributed by atoms with Crippen molar-refractivity contribution in [3.63, 3.8) is 0 Å². The summed E-state index contributed by atoms with van der Waals surface area (Å²) in [6, 6.07) is 3.37. The Morgan fingerprint density at radius 3 is 3.05 bits per heavy atom. The molecule has 0 radical (unpaired) electrons. The number of rotatable bonds is 3. The van der Waals surface area contributed by atoms with Gasteiger partial charge in [0.05, 0.1) is 24.9 Å². The highest BCUT2D eigenvalue weighted by molar-refractivity contribution is 5.90. The maximum absolute atomic E-state index is 12.0. The van der Waals surface area contributed by atoms with E-state index in [1.165, 1.54) is 7.11 Å². The highest BCUT2D eigenvalue weighted by Crippen LogP contribution is 2.16. The van der Waals surface area contributed by atoms with Gasteiger partial charge in [-0.05, 0) is 25.0 Å². The van der Waals surface area contributed by atoms with E-state index in [9.17, 15) is 9.59 Å². The Hall–Kier alpha value is -1.91. The Labute approximate surface area is 112 Å². The van der Waals surface area contributed by atoms with E-state index in [0.717, 1.165) is 25.8 Å². The van der Waals surface area contributed by atoms with Crippen LogP contribution in [-0.2, 0) is 16.1 Å². The summed E-state index contributed by atoms with van der Waals surface area (Å²) in [7, 11) is 1.34. The summed E-state index contributed by atoms with van der Waals surface area (Å²) < 4.78 is 4.74. The van der Waals surface area contributed by atoms with Gasteiger partial charge in [0.25, 0.3) is 0 Å². The Morgan fingerprint density at radius 2 is 2.26 bits per heavy atom. The molecule has 0 bridgehead atoms. The molecule has 5 heteroatoms. The summed E-state index contributed by atoms with van der Waals surface area (Å²) in [5, 5.41) is 0. The Morgan fingerprint density at radius 1 is 1.42 bits per heavy atom. The molecule has 0 aromatic carbocycles. The van der Waals surface area contributed by atoms with Crippen molar-refractivity contribution < 1.29 is 14.3 Å². The molecule has 102 valence electrons. The monoisotopic (exact) mass is 262 g/mol. The van der Waals surface area contributed by atoms with Crippen molar-refractivity contribution in [1.82, 2.24) is 9.88 Å². The minimum absolute atomic E-state index is 0.138. The van der Waals surface area contributed by atoms with Gasteiger partial charge in [-0.15, -0.1) is 0 Å². The van der Waals surface area contributed by atoms with Crippen LogP contribution in [0.15, 0.2) is 18.3 Å². The smallest absolute Gasteiger partial charge is 0.339 e. The molecule has 5 nitrogen and oxygen atoms in total. The number of hydrogen-bond donors (Lipinski definition) is 0. The van der Waals surface area contributed by atoms with Gasteiger partial charge in [-0.25, -0.2) is 4.79 Å². The minimum atomic E-state index is -0.412. The third-order valence-corrected chi connectivity index (χ3v) is 3.31. The maximum atomic E-state index is 12.0. The van der Waals surface area contributed by atoms with Crippen molar-refractivity contribution in [3.8, 4) is 0 Å². The largest absolute Gasteiger partial charge is 0.465 e. The van der Waals surface area contributed by atoms with Crippen molar-refractivity contribution in [2.45, 2.75) is 32.2 Å². The van der Waals surface area contributed by atoms with E-state index in [-0.39, 0.29) is 5.91 Å². The maximum Gasteiger partial charge on any atom is 0.339 e. The number of methoxy groups -OCH3 is 1. The molecule has 0 unspecified atom stereocenters. The predicted molar refractivity (Wildman–Crippen MR) is 69.5 cm³/mol. The molecule has 1 aromatic heterocycles. The van der Waals surface area contributed by atoms with Crippen molar-refractivity contribution in [2.24, 2.45) is 0 Å². The third kappa shape index (κ3) is 3.30. The third-order valence-electron chi connectivity index (χ3n) is 3.31. The Kier molecular flexibility index (Phi) is 4.49. The van der Waals surface area contributed by atoms with Gasteiger partial charge in [-0.3, -0.25) is 9.78 Å². The highest BCUT2D eigenvalue weighted by Gasteiger charge is 2.20. The molecule has 2 heterocycles. The van der Waals surface area contributed by atoms with Gasteiger partial charge in [0.1, 0.15) is 0 Å². The molecule has 1 aliphatic heterocycles. The second-order valence-corrected chi connectivity index (χ2v) is 4.62. The number of hydrogen-bond acceptors (Lipinski definition) is 4. The number of nitrogens with zero attached hydrogens (tertiary/aromatic N) is 2. The zero-order valence-electron chi connectivity index (χ0n) is 11.1. The molecule has 0 saturated carbocycles. The van der Waals surface area contributed by atoms with Gasteiger partial charge >= 0.3 is 5.97 Å². The van der Waals surface area contributed by atoms with Gasteiger partial charge in [-0.2, -0.15) is 0 Å². The van der Waals surface area contributed by atoms with E-state index in [1.807, 2.05) is 0 Å². The number of ether oxygens (including phenoxy) is 1. The van der Waals surface area contributed by atoms with Crippen LogP contribution in [0.3, 0.4) is 0 Å². The molecule has 1 aliphatic rings. The molecular formula is C14H18N2O3. The lowest BCUT2D eigenvalue weighted by atomic mass is 10.2. The van der Waals surface area contributed by atoms with Crippen LogP contribution in [0.4, 0.5) is 0 Å². The van der Waals surface area contributed by atoms with Crippen molar-refractivity contribution in [1.29, 1.82) is 0 Å². The van der Waals surface area contributed by atoms with Gasteiger partial charge in [-0.1, -0.05) is 6.42 Å². The number of carbonyl (C=O) groups excluding carboxylic acids is 2. The van der Waals surface area contributed by atoms with Crippen LogP contribution >= 0.6 is 0 Å². The van der Waals surface area contributed by atoms with Crippen molar-refractivity contribution >= 4 is 11.9 Å². The topological polar surface area (TPSA) is 59.5 Å². The van der Waals surface area contributed by atoms with Crippen molar-refractivity contribution in [3.05, 3.63) is 29.6 Å². The average Bonchev–Trinajstić information content (AvgIpc) is 2.64. The number of carbonyl (C=O) groups is 2. The summed E-state index contributed by atoms with van der Waals surface area (Å²) in [5.41, 5.74) is 1.03. The summed E-state index contributed by atoms with van der Waals surface area (Å²) >= 11 is 0. The van der Waals surface area contributed by atoms with Crippen LogP contribution in [0.5, 0.6) is 0 Å². The molecular weight excluding hydrogens is 244 g/mol. The first-order valence-corrected chi connectivity index (χ1v) is 6.52. The number of esters is 1. The fourth-order valence-corrected chi connectivity index (χ4v) is 2.25. The first-order valence-electron chi connectivity index (χ1n) is 6.52. The SMILES string of the molecule is COC(=O)c1cccnc1CN1CCCCCC1=O. The Bertz CT molecular complexity index is 474. The average molecular weight is 262 g/mol. The minimum Gasteiger partial charge on any atom is -0.465 e. The number of pyridine rings is 1. The molecule has 19 heavy (non-hydrogen) atoms. The lowest BCUT2D eigenvalue weighted by Gasteiger charge is -2.20. The Balaban J connectivity index is 2.18. The van der Waals surface area contributed by atoms with Crippen LogP contribution in [0.1, 0.15) is 41.7 Å². The van der Waals surface area contributed by atoms with Crippen LogP contribution in [0.2, 0.25) is 0 Å². The van der Waals surface area contributed by atoms with Crippen molar-refractivity contribution in [2.75, 3.05) is 13.7 Å². The second kappa shape index (κ2) is 6.31. The van der Waals surface area contributed by atoms with Crippen LogP contribution < -0.4 is 0 Å². The van der Waals surface area contributed by atoms with E-state index in [2.05, 4.69) is 4.98 Å². The number of amides is 1. The number of likely N-dealkylation sites (tertiary alicyclic amines) is 1. The van der Waals surface area contributed by atoms with E-state index in [0.29, 0.717) is 24.2 Å². The molecule has 0 atom stereocenters. The summed E-state index contributed by atoms with van der Waals surface area (Å²) in [6.07, 6.45) is 5.24. The number of aromatic nitrogens is 1. The first kappa shape index (κ1) is 13.5. The fourth-order valence-electron chi connectivity index (χ4n) is 2.25. The van der Waals surface area contributed by atoms with Crippen LogP contribution in [0, 0.1) is 0 Å². The molecule has 1 amide bonds. The van der Waals surface area contributed by atoms with Gasteiger partial charge in [0, 0.05) is 19.2 Å². The van der Waals surface area contributed by atoms with E-state index in [4.69, 9.17) is 4.74 Å². The summed E-state index contributed by atoms with van der Waals surface area (Å²) in [6.45, 7) is 1.11. The van der Waals surface area contributed by atoms with E-state index < -0.39 is 5.97 Å². The highest BCUT2D eigenvalue weighted by atomic mass is 16.5. The normalized spacial score (nSPS) is 16.1. The van der Waals surface area contributed by atoms with Crippen LogP contribution in [0.25, 0.3) is 0 Å². The van der Waals surface area contributed by atoms with Gasteiger partial charge in [0.15, 0.2) is 0 Å². The van der Waals surface area contributed by atoms with Gasteiger partial charge in [0.2, 0.25) is 5.91 Å².